The number of halogens is 2. The first kappa shape index (κ1) is 19.6. The van der Waals surface area contributed by atoms with Crippen LogP contribution < -0.4 is 10.1 Å². The maximum Gasteiger partial charge on any atom is 0.259 e. The summed E-state index contributed by atoms with van der Waals surface area (Å²) in [4.78, 5) is 21.6. The number of carbonyl (C=O) groups excluding carboxylic acids is 1. The van der Waals surface area contributed by atoms with Crippen LogP contribution in [0.2, 0.25) is 0 Å². The second kappa shape index (κ2) is 7.96. The van der Waals surface area contributed by atoms with E-state index in [0.29, 0.717) is 38.6 Å². The SMILES string of the molecule is COc1c(Br)cc(Br)cc1C(=O)Nc1cc(-c2nc3ncccc3o2)ccc1C. The van der Waals surface area contributed by atoms with Gasteiger partial charge in [0.25, 0.3) is 5.91 Å². The molecule has 146 valence electrons. The van der Waals surface area contributed by atoms with Crippen LogP contribution in [0.5, 0.6) is 5.75 Å². The van der Waals surface area contributed by atoms with Crippen LogP contribution in [-0.4, -0.2) is 23.0 Å². The molecule has 4 rings (SSSR count). The van der Waals surface area contributed by atoms with E-state index in [2.05, 4.69) is 47.1 Å². The molecule has 0 bridgehead atoms. The van der Waals surface area contributed by atoms with Crippen molar-refractivity contribution in [2.75, 3.05) is 12.4 Å². The summed E-state index contributed by atoms with van der Waals surface area (Å²) in [6.07, 6.45) is 1.67. The number of hydrogen-bond donors (Lipinski definition) is 1. The molecule has 0 saturated heterocycles. The van der Waals surface area contributed by atoms with E-state index in [1.165, 1.54) is 7.11 Å². The van der Waals surface area contributed by atoms with Gasteiger partial charge in [0.15, 0.2) is 11.2 Å². The molecular formula is C21H15Br2N3O3. The number of benzene rings is 2. The lowest BCUT2D eigenvalue weighted by Gasteiger charge is -2.13. The lowest BCUT2D eigenvalue weighted by Crippen LogP contribution is -2.14. The van der Waals surface area contributed by atoms with E-state index in [4.69, 9.17) is 9.15 Å². The standard InChI is InChI=1S/C21H15Br2N3O3/c1-11-5-6-12(21-26-19-17(29-21)4-3-7-24-19)8-16(11)25-20(27)14-9-13(22)10-15(23)18(14)28-2/h3-10H,1-2H3,(H,25,27). The Morgan fingerprint density at radius 1 is 1.17 bits per heavy atom. The Balaban J connectivity index is 1.69. The Bertz CT molecular complexity index is 1200. The van der Waals surface area contributed by atoms with E-state index in [0.717, 1.165) is 15.6 Å². The van der Waals surface area contributed by atoms with Gasteiger partial charge in [-0.3, -0.25) is 4.79 Å². The van der Waals surface area contributed by atoms with Crippen LogP contribution in [0.15, 0.2) is 62.0 Å². The molecule has 1 amide bonds. The fourth-order valence-corrected chi connectivity index (χ4v) is 4.30. The largest absolute Gasteiger partial charge is 0.495 e. The molecular weight excluding hydrogens is 502 g/mol. The second-order valence-electron chi connectivity index (χ2n) is 6.30. The lowest BCUT2D eigenvalue weighted by molar-refractivity contribution is 0.102. The van der Waals surface area contributed by atoms with Crippen LogP contribution in [0.25, 0.3) is 22.7 Å². The number of fused-ring (bicyclic) bond motifs is 1. The zero-order valence-electron chi connectivity index (χ0n) is 15.5. The van der Waals surface area contributed by atoms with Gasteiger partial charge in [0.1, 0.15) is 5.75 Å². The molecule has 2 heterocycles. The van der Waals surface area contributed by atoms with Crippen LogP contribution in [-0.2, 0) is 0 Å². The molecule has 1 N–H and O–H groups in total. The minimum Gasteiger partial charge on any atom is -0.495 e. The summed E-state index contributed by atoms with van der Waals surface area (Å²) in [5.74, 6) is 0.616. The highest BCUT2D eigenvalue weighted by Crippen LogP contribution is 2.34. The summed E-state index contributed by atoms with van der Waals surface area (Å²) in [7, 11) is 1.53. The van der Waals surface area contributed by atoms with Crippen molar-refractivity contribution < 1.29 is 13.9 Å². The highest BCUT2D eigenvalue weighted by atomic mass is 79.9. The summed E-state index contributed by atoms with van der Waals surface area (Å²) in [6, 6.07) is 12.8. The number of amides is 1. The number of pyridine rings is 1. The van der Waals surface area contributed by atoms with Crippen molar-refractivity contribution in [2.45, 2.75) is 6.92 Å². The number of aromatic nitrogens is 2. The molecule has 8 heteroatoms. The van der Waals surface area contributed by atoms with Gasteiger partial charge in [0.2, 0.25) is 5.89 Å². The Hall–Kier alpha value is -2.71. The lowest BCUT2D eigenvalue weighted by atomic mass is 10.1. The molecule has 0 aliphatic rings. The molecule has 2 aromatic carbocycles. The third-order valence-electron chi connectivity index (χ3n) is 4.35. The number of aryl methyl sites for hydroxylation is 1. The van der Waals surface area contributed by atoms with Gasteiger partial charge in [-0.25, -0.2) is 4.98 Å². The van der Waals surface area contributed by atoms with E-state index in [1.807, 2.05) is 37.3 Å². The van der Waals surface area contributed by atoms with Crippen LogP contribution in [0.4, 0.5) is 5.69 Å². The van der Waals surface area contributed by atoms with Crippen molar-refractivity contribution in [3.8, 4) is 17.2 Å². The molecule has 29 heavy (non-hydrogen) atoms. The van der Waals surface area contributed by atoms with Crippen molar-refractivity contribution in [3.05, 3.63) is 68.7 Å². The number of hydrogen-bond acceptors (Lipinski definition) is 5. The van der Waals surface area contributed by atoms with E-state index in [1.54, 1.807) is 18.3 Å². The predicted molar refractivity (Wildman–Crippen MR) is 118 cm³/mol. The first-order chi connectivity index (χ1) is 14.0. The number of oxazole rings is 1. The van der Waals surface area contributed by atoms with Crippen LogP contribution >= 0.6 is 31.9 Å². The zero-order chi connectivity index (χ0) is 20.5. The van der Waals surface area contributed by atoms with E-state index in [9.17, 15) is 4.79 Å². The molecule has 0 atom stereocenters. The smallest absolute Gasteiger partial charge is 0.259 e. The first-order valence-electron chi connectivity index (χ1n) is 8.63. The Morgan fingerprint density at radius 3 is 2.76 bits per heavy atom. The van der Waals surface area contributed by atoms with Gasteiger partial charge in [-0.05, 0) is 64.8 Å². The fourth-order valence-electron chi connectivity index (χ4n) is 2.91. The van der Waals surface area contributed by atoms with Gasteiger partial charge in [-0.2, -0.15) is 4.98 Å². The first-order valence-corrected chi connectivity index (χ1v) is 10.2. The summed E-state index contributed by atoms with van der Waals surface area (Å²) in [6.45, 7) is 1.92. The van der Waals surface area contributed by atoms with Crippen molar-refractivity contribution in [3.63, 3.8) is 0 Å². The van der Waals surface area contributed by atoms with Crippen LogP contribution in [0.3, 0.4) is 0 Å². The van der Waals surface area contributed by atoms with Gasteiger partial charge >= 0.3 is 0 Å². The minimum atomic E-state index is -0.289. The topological polar surface area (TPSA) is 77.2 Å². The van der Waals surface area contributed by atoms with Gasteiger partial charge in [-0.15, -0.1) is 0 Å². The zero-order valence-corrected chi connectivity index (χ0v) is 18.7. The summed E-state index contributed by atoms with van der Waals surface area (Å²) >= 11 is 6.83. The number of methoxy groups -OCH3 is 1. The van der Waals surface area contributed by atoms with E-state index < -0.39 is 0 Å². The maximum atomic E-state index is 13.0. The number of nitrogens with one attached hydrogen (secondary N) is 1. The highest BCUT2D eigenvalue weighted by Gasteiger charge is 2.18. The molecule has 0 aliphatic carbocycles. The summed E-state index contributed by atoms with van der Waals surface area (Å²) in [5, 5.41) is 2.95. The predicted octanol–water partition coefficient (Wildman–Crippen LogP) is 5.98. The van der Waals surface area contributed by atoms with Gasteiger partial charge in [0.05, 0.1) is 17.1 Å². The molecule has 0 unspecified atom stereocenters. The molecule has 0 saturated carbocycles. The molecule has 6 nitrogen and oxygen atoms in total. The van der Waals surface area contributed by atoms with Crippen LogP contribution in [0, 0.1) is 6.92 Å². The second-order valence-corrected chi connectivity index (χ2v) is 8.07. The van der Waals surface area contributed by atoms with Crippen LogP contribution in [0.1, 0.15) is 15.9 Å². The van der Waals surface area contributed by atoms with Gasteiger partial charge < -0.3 is 14.5 Å². The van der Waals surface area contributed by atoms with E-state index in [-0.39, 0.29) is 5.91 Å². The van der Waals surface area contributed by atoms with Crippen molar-refractivity contribution >= 4 is 54.7 Å². The number of nitrogens with zero attached hydrogens (tertiary/aromatic N) is 2. The average molecular weight is 517 g/mol. The monoisotopic (exact) mass is 515 g/mol. The number of ether oxygens (including phenoxy) is 1. The third-order valence-corrected chi connectivity index (χ3v) is 5.40. The molecule has 0 fully saturated rings. The normalized spacial score (nSPS) is 10.9. The van der Waals surface area contributed by atoms with Crippen molar-refractivity contribution in [1.82, 2.24) is 9.97 Å². The van der Waals surface area contributed by atoms with Gasteiger partial charge in [-0.1, -0.05) is 22.0 Å². The number of carbonyl (C=O) groups is 1. The number of rotatable bonds is 4. The third kappa shape index (κ3) is 3.90. The molecule has 0 spiro atoms. The summed E-state index contributed by atoms with van der Waals surface area (Å²) in [5.41, 5.74) is 3.86. The van der Waals surface area contributed by atoms with Gasteiger partial charge in [0, 0.05) is 21.9 Å². The highest BCUT2D eigenvalue weighted by molar-refractivity contribution is 9.11. The molecule has 4 aromatic rings. The molecule has 2 aromatic heterocycles. The maximum absolute atomic E-state index is 13.0. The minimum absolute atomic E-state index is 0.289. The Labute approximate surface area is 183 Å². The van der Waals surface area contributed by atoms with Crippen molar-refractivity contribution in [1.29, 1.82) is 0 Å². The Morgan fingerprint density at radius 2 is 2.00 bits per heavy atom. The van der Waals surface area contributed by atoms with E-state index >= 15 is 0 Å². The Kier molecular flexibility index (Phi) is 5.38. The van der Waals surface area contributed by atoms with Crippen molar-refractivity contribution in [2.24, 2.45) is 0 Å². The quantitative estimate of drug-likeness (QED) is 0.360. The summed E-state index contributed by atoms with van der Waals surface area (Å²) < 4.78 is 12.6. The number of anilines is 1. The molecule has 0 radical (unpaired) electrons. The average Bonchev–Trinajstić information content (AvgIpc) is 3.13. The molecule has 0 aliphatic heterocycles. The fraction of sp³-hybridized carbons (Fsp3) is 0.0952.